The van der Waals surface area contributed by atoms with Crippen molar-refractivity contribution in [2.45, 2.75) is 25.7 Å². The zero-order valence-corrected chi connectivity index (χ0v) is 27.4. The number of benzene rings is 8. The molecule has 0 fully saturated rings. The largest absolute Gasteiger partial charge is 0.310 e. The van der Waals surface area contributed by atoms with Crippen LogP contribution in [-0.4, -0.2) is 0 Å². The summed E-state index contributed by atoms with van der Waals surface area (Å²) in [5.41, 5.74) is 17.2. The fourth-order valence-electron chi connectivity index (χ4n) is 8.26. The normalized spacial score (nSPS) is 13.0. The van der Waals surface area contributed by atoms with Crippen LogP contribution in [0.15, 0.2) is 164 Å². The van der Waals surface area contributed by atoms with Crippen LogP contribution in [0, 0.1) is 0 Å². The number of nitrogens with zero attached hydrogens (tertiary/aromatic N) is 1. The van der Waals surface area contributed by atoms with E-state index in [2.05, 4.69) is 169 Å². The number of anilines is 3. The molecule has 10 rings (SSSR count). The molecule has 0 aromatic heterocycles. The molecule has 8 aromatic carbocycles. The molecule has 1 heteroatoms. The summed E-state index contributed by atoms with van der Waals surface area (Å²) in [7, 11) is 0. The molecule has 0 amide bonds. The summed E-state index contributed by atoms with van der Waals surface area (Å²) in [6.07, 6.45) is 4.73. The molecule has 0 aliphatic heterocycles. The average Bonchev–Trinajstić information content (AvgIpc) is 3.17. The predicted octanol–water partition coefficient (Wildman–Crippen LogP) is 13.3. The van der Waals surface area contributed by atoms with Gasteiger partial charge in [-0.2, -0.15) is 0 Å². The Bertz CT molecular complexity index is 2530. The Morgan fingerprint density at radius 2 is 0.918 bits per heavy atom. The van der Waals surface area contributed by atoms with Gasteiger partial charge in [-0.1, -0.05) is 109 Å². The van der Waals surface area contributed by atoms with Crippen molar-refractivity contribution in [2.75, 3.05) is 4.90 Å². The summed E-state index contributed by atoms with van der Waals surface area (Å²) in [6.45, 7) is 0. The number of para-hydroxylation sites is 1. The van der Waals surface area contributed by atoms with E-state index in [1.54, 1.807) is 0 Å². The Morgan fingerprint density at radius 3 is 1.61 bits per heavy atom. The molecule has 0 heterocycles. The van der Waals surface area contributed by atoms with Gasteiger partial charge >= 0.3 is 0 Å². The molecule has 2 aliphatic rings. The fourth-order valence-corrected chi connectivity index (χ4v) is 8.26. The summed E-state index contributed by atoms with van der Waals surface area (Å²) >= 11 is 0. The Balaban J connectivity index is 1.13. The highest BCUT2D eigenvalue weighted by Crippen LogP contribution is 2.52. The van der Waals surface area contributed by atoms with E-state index in [-0.39, 0.29) is 0 Å². The highest BCUT2D eigenvalue weighted by molar-refractivity contribution is 6.12. The monoisotopic (exact) mass is 625 g/mol. The molecule has 2 aliphatic carbocycles. The van der Waals surface area contributed by atoms with Crippen molar-refractivity contribution in [2.24, 2.45) is 0 Å². The molecule has 8 aromatic rings. The Hall–Kier alpha value is -5.92. The van der Waals surface area contributed by atoms with E-state index < -0.39 is 0 Å². The van der Waals surface area contributed by atoms with E-state index in [0.29, 0.717) is 0 Å². The van der Waals surface area contributed by atoms with Crippen LogP contribution in [0.5, 0.6) is 0 Å². The van der Waals surface area contributed by atoms with Gasteiger partial charge in [0.1, 0.15) is 0 Å². The average molecular weight is 626 g/mol. The number of rotatable bonds is 5. The topological polar surface area (TPSA) is 3.24 Å². The Morgan fingerprint density at radius 1 is 0.347 bits per heavy atom. The first-order chi connectivity index (χ1) is 24.3. The van der Waals surface area contributed by atoms with Crippen molar-refractivity contribution in [1.82, 2.24) is 0 Å². The molecule has 49 heavy (non-hydrogen) atoms. The zero-order chi connectivity index (χ0) is 32.3. The van der Waals surface area contributed by atoms with Crippen LogP contribution in [0.3, 0.4) is 0 Å². The second-order valence-electron chi connectivity index (χ2n) is 13.6. The SMILES string of the molecule is c1ccc(-c2ccc3cc4c(cc3c2)-c2cc3cc(N(c5ccccc5)c5c(-c6ccccc6)ccc6c5CCCC6)ccc3cc2-4)cc1. The molecule has 1 nitrogen and oxygen atoms in total. The van der Waals surface area contributed by atoms with Crippen LogP contribution < -0.4 is 4.90 Å². The second-order valence-corrected chi connectivity index (χ2v) is 13.6. The lowest BCUT2D eigenvalue weighted by Crippen LogP contribution is -2.16. The van der Waals surface area contributed by atoms with Crippen LogP contribution in [0.4, 0.5) is 17.1 Å². The number of hydrogen-bond acceptors (Lipinski definition) is 1. The minimum Gasteiger partial charge on any atom is -0.310 e. The van der Waals surface area contributed by atoms with Gasteiger partial charge in [-0.25, -0.2) is 0 Å². The van der Waals surface area contributed by atoms with Crippen LogP contribution in [0.2, 0.25) is 0 Å². The van der Waals surface area contributed by atoms with Crippen molar-refractivity contribution in [3.05, 3.63) is 175 Å². The van der Waals surface area contributed by atoms with Crippen molar-refractivity contribution in [3.8, 4) is 44.5 Å². The van der Waals surface area contributed by atoms with E-state index >= 15 is 0 Å². The van der Waals surface area contributed by atoms with Gasteiger partial charge in [0.25, 0.3) is 0 Å². The Kier molecular flexibility index (Phi) is 6.52. The van der Waals surface area contributed by atoms with E-state index in [4.69, 9.17) is 0 Å². The van der Waals surface area contributed by atoms with E-state index in [1.165, 1.54) is 107 Å². The zero-order valence-electron chi connectivity index (χ0n) is 27.4. The third-order valence-corrected chi connectivity index (χ3v) is 10.7. The molecule has 0 saturated heterocycles. The first-order valence-corrected chi connectivity index (χ1v) is 17.6. The molecule has 0 spiro atoms. The minimum atomic E-state index is 1.10. The predicted molar refractivity (Wildman–Crippen MR) is 208 cm³/mol. The molecule has 232 valence electrons. The quantitative estimate of drug-likeness (QED) is 0.184. The molecule has 0 saturated carbocycles. The van der Waals surface area contributed by atoms with Crippen LogP contribution in [0.25, 0.3) is 66.1 Å². The first-order valence-electron chi connectivity index (χ1n) is 17.6. The van der Waals surface area contributed by atoms with Gasteiger partial charge in [0.2, 0.25) is 0 Å². The highest BCUT2D eigenvalue weighted by atomic mass is 15.1. The van der Waals surface area contributed by atoms with Gasteiger partial charge in [0.05, 0.1) is 5.69 Å². The minimum absolute atomic E-state index is 1.10. The van der Waals surface area contributed by atoms with Crippen LogP contribution in [-0.2, 0) is 12.8 Å². The lowest BCUT2D eigenvalue weighted by Gasteiger charge is -2.33. The van der Waals surface area contributed by atoms with Gasteiger partial charge in [-0.3, -0.25) is 0 Å². The summed E-state index contributed by atoms with van der Waals surface area (Å²) in [5.74, 6) is 0. The van der Waals surface area contributed by atoms with Crippen molar-refractivity contribution in [1.29, 1.82) is 0 Å². The number of fused-ring (bicyclic) bond motifs is 7. The number of hydrogen-bond donors (Lipinski definition) is 0. The van der Waals surface area contributed by atoms with E-state index in [9.17, 15) is 0 Å². The lowest BCUT2D eigenvalue weighted by atomic mass is 9.77. The Labute approximate surface area is 287 Å². The maximum atomic E-state index is 2.53. The summed E-state index contributed by atoms with van der Waals surface area (Å²) in [6, 6.07) is 60.8. The van der Waals surface area contributed by atoms with Crippen LogP contribution >= 0.6 is 0 Å². The van der Waals surface area contributed by atoms with Gasteiger partial charge in [0, 0.05) is 16.9 Å². The third-order valence-electron chi connectivity index (χ3n) is 10.7. The van der Waals surface area contributed by atoms with Gasteiger partial charge < -0.3 is 4.90 Å². The fraction of sp³-hybridized carbons (Fsp3) is 0.0833. The summed E-state index contributed by atoms with van der Waals surface area (Å²) in [4.78, 5) is 2.53. The highest BCUT2D eigenvalue weighted by Gasteiger charge is 2.27. The molecular formula is C48H35N. The molecule has 0 unspecified atom stereocenters. The van der Waals surface area contributed by atoms with Gasteiger partial charge in [-0.15, -0.1) is 0 Å². The molecule has 0 atom stereocenters. The maximum Gasteiger partial charge on any atom is 0.0574 e. The standard InChI is InChI=1S/C48H35N/c1-4-12-32(13-5-1)35-20-21-36-28-44-45-29-37-22-24-41(27-39(37)31-47(45)46(44)30-38(36)26-35)49(40-17-8-3-9-18-40)48-42-19-11-10-16-34(42)23-25-43(48)33-14-6-2-7-15-33/h1-9,12-15,17-18,20-31H,10-11,16,19H2. The third kappa shape index (κ3) is 4.69. The molecule has 0 N–H and O–H groups in total. The molecule has 0 radical (unpaired) electrons. The van der Waals surface area contributed by atoms with Crippen LogP contribution in [0.1, 0.15) is 24.0 Å². The summed E-state index contributed by atoms with van der Waals surface area (Å²) in [5, 5.41) is 5.13. The van der Waals surface area contributed by atoms with Crippen molar-refractivity contribution >= 4 is 38.6 Å². The number of aryl methyl sites for hydroxylation is 1. The van der Waals surface area contributed by atoms with Crippen molar-refractivity contribution in [3.63, 3.8) is 0 Å². The van der Waals surface area contributed by atoms with Gasteiger partial charge in [0.15, 0.2) is 0 Å². The molecular weight excluding hydrogens is 591 g/mol. The first kappa shape index (κ1) is 28.1. The smallest absolute Gasteiger partial charge is 0.0574 e. The second kappa shape index (κ2) is 11.4. The summed E-state index contributed by atoms with van der Waals surface area (Å²) < 4.78 is 0. The maximum absolute atomic E-state index is 2.53. The molecule has 0 bridgehead atoms. The van der Waals surface area contributed by atoms with Gasteiger partial charge in [-0.05, 0) is 152 Å². The van der Waals surface area contributed by atoms with Crippen molar-refractivity contribution < 1.29 is 0 Å². The van der Waals surface area contributed by atoms with E-state index in [0.717, 1.165) is 12.8 Å². The lowest BCUT2D eigenvalue weighted by molar-refractivity contribution is 0.686. The van der Waals surface area contributed by atoms with E-state index in [1.807, 2.05) is 0 Å².